The van der Waals surface area contributed by atoms with Gasteiger partial charge in [0, 0.05) is 57.2 Å². The minimum absolute atomic E-state index is 0.0471. The van der Waals surface area contributed by atoms with Gasteiger partial charge < -0.3 is 19.1 Å². The fourth-order valence-electron chi connectivity index (χ4n) is 3.92. The molecule has 0 unspecified atom stereocenters. The Hall–Kier alpha value is -3.68. The zero-order chi connectivity index (χ0) is 22.3. The highest BCUT2D eigenvalue weighted by Gasteiger charge is 2.24. The second kappa shape index (κ2) is 10.1. The lowest BCUT2D eigenvalue weighted by Crippen LogP contribution is -2.49. The van der Waals surface area contributed by atoms with E-state index in [0.29, 0.717) is 18.8 Å². The number of nitrogens with zero attached hydrogens (tertiary/aromatic N) is 5. The van der Waals surface area contributed by atoms with Crippen LogP contribution in [0, 0.1) is 6.92 Å². The molecule has 0 bridgehead atoms. The number of amides is 2. The van der Waals surface area contributed by atoms with Gasteiger partial charge in [0.1, 0.15) is 11.5 Å². The molecule has 166 valence electrons. The highest BCUT2D eigenvalue weighted by atomic mass is 16.3. The highest BCUT2D eigenvalue weighted by Crippen LogP contribution is 2.21. The third kappa shape index (κ3) is 5.14. The Bertz CT molecular complexity index is 1030. The zero-order valence-corrected chi connectivity index (χ0v) is 18.2. The number of carbonyl (C=O) groups excluding carboxylic acids is 2. The highest BCUT2D eigenvalue weighted by molar-refractivity contribution is 5.92. The first-order valence-corrected chi connectivity index (χ1v) is 10.8. The number of para-hydroxylation sites is 1. The Labute approximate surface area is 187 Å². The van der Waals surface area contributed by atoms with Crippen LogP contribution in [0.5, 0.6) is 0 Å². The van der Waals surface area contributed by atoms with Crippen molar-refractivity contribution in [3.63, 3.8) is 0 Å². The van der Waals surface area contributed by atoms with Crippen molar-refractivity contribution in [3.05, 3.63) is 78.3 Å². The van der Waals surface area contributed by atoms with Gasteiger partial charge in [-0.3, -0.25) is 14.6 Å². The van der Waals surface area contributed by atoms with Crippen molar-refractivity contribution in [2.75, 3.05) is 37.6 Å². The van der Waals surface area contributed by atoms with Crippen molar-refractivity contribution >= 4 is 17.5 Å². The lowest BCUT2D eigenvalue weighted by molar-refractivity contribution is -0.131. The summed E-state index contributed by atoms with van der Waals surface area (Å²) < 4.78 is 5.41. The summed E-state index contributed by atoms with van der Waals surface area (Å²) in [5.74, 6) is 0.430. The average Bonchev–Trinajstić information content (AvgIpc) is 3.35. The minimum atomic E-state index is -0.272. The van der Waals surface area contributed by atoms with Crippen LogP contribution in [0.4, 0.5) is 5.69 Å². The van der Waals surface area contributed by atoms with E-state index in [-0.39, 0.29) is 37.0 Å². The van der Waals surface area contributed by atoms with E-state index in [9.17, 15) is 9.59 Å². The van der Waals surface area contributed by atoms with E-state index in [1.54, 1.807) is 17.2 Å². The number of hydrogen-bond donors (Lipinski definition) is 0. The number of aryl methyl sites for hydroxylation is 1. The summed E-state index contributed by atoms with van der Waals surface area (Å²) in [5, 5.41) is 0. The zero-order valence-electron chi connectivity index (χ0n) is 18.2. The summed E-state index contributed by atoms with van der Waals surface area (Å²) in [5.41, 5.74) is 2.71. The van der Waals surface area contributed by atoms with Crippen LogP contribution in [0.25, 0.3) is 0 Å². The first kappa shape index (κ1) is 21.5. The van der Waals surface area contributed by atoms with Crippen molar-refractivity contribution in [1.29, 1.82) is 0 Å². The predicted octanol–water partition coefficient (Wildman–Crippen LogP) is 2.76. The fraction of sp³-hybridized carbons (Fsp3) is 0.333. The van der Waals surface area contributed by atoms with Gasteiger partial charge in [-0.25, -0.2) is 4.98 Å². The molecule has 3 aromatic rings. The number of furan rings is 1. The maximum Gasteiger partial charge on any atom is 0.274 e. The van der Waals surface area contributed by atoms with Gasteiger partial charge in [0.2, 0.25) is 5.91 Å². The van der Waals surface area contributed by atoms with E-state index in [2.05, 4.69) is 33.9 Å². The van der Waals surface area contributed by atoms with Crippen molar-refractivity contribution < 1.29 is 14.0 Å². The molecule has 0 N–H and O–H groups in total. The molecule has 2 amide bonds. The molecule has 4 rings (SSSR count). The first-order valence-electron chi connectivity index (χ1n) is 10.8. The summed E-state index contributed by atoms with van der Waals surface area (Å²) >= 11 is 0. The molecule has 0 atom stereocenters. The fourth-order valence-corrected chi connectivity index (χ4v) is 3.92. The molecule has 32 heavy (non-hydrogen) atoms. The van der Waals surface area contributed by atoms with Gasteiger partial charge in [0.25, 0.3) is 5.91 Å². The van der Waals surface area contributed by atoms with Gasteiger partial charge in [-0.15, -0.1) is 0 Å². The molecule has 1 aliphatic rings. The Kier molecular flexibility index (Phi) is 6.79. The normalized spacial score (nSPS) is 13.8. The van der Waals surface area contributed by atoms with Crippen molar-refractivity contribution in [3.8, 4) is 0 Å². The Morgan fingerprint density at radius 2 is 1.88 bits per heavy atom. The molecule has 8 heteroatoms. The van der Waals surface area contributed by atoms with Crippen LogP contribution in [-0.2, 0) is 11.3 Å². The Morgan fingerprint density at radius 3 is 2.56 bits per heavy atom. The molecule has 3 heterocycles. The molecular weight excluding hydrogens is 406 g/mol. The second-order valence-electron chi connectivity index (χ2n) is 7.80. The minimum Gasteiger partial charge on any atom is -0.467 e. The number of aromatic nitrogens is 2. The van der Waals surface area contributed by atoms with E-state index in [1.807, 2.05) is 23.1 Å². The van der Waals surface area contributed by atoms with Crippen LogP contribution >= 0.6 is 0 Å². The molecule has 1 fully saturated rings. The molecule has 1 aromatic carbocycles. The van der Waals surface area contributed by atoms with Gasteiger partial charge in [-0.05, 0) is 30.7 Å². The Balaban J connectivity index is 1.35. The van der Waals surface area contributed by atoms with Gasteiger partial charge in [0.15, 0.2) is 0 Å². The largest absolute Gasteiger partial charge is 0.467 e. The Morgan fingerprint density at radius 1 is 1.06 bits per heavy atom. The lowest BCUT2D eigenvalue weighted by atomic mass is 10.1. The smallest absolute Gasteiger partial charge is 0.274 e. The molecular formula is C24H27N5O3. The lowest BCUT2D eigenvalue weighted by Gasteiger charge is -2.37. The van der Waals surface area contributed by atoms with Crippen LogP contribution in [0.3, 0.4) is 0 Å². The third-order valence-corrected chi connectivity index (χ3v) is 5.68. The summed E-state index contributed by atoms with van der Waals surface area (Å²) in [6, 6.07) is 11.9. The van der Waals surface area contributed by atoms with Gasteiger partial charge in [-0.1, -0.05) is 18.2 Å². The van der Waals surface area contributed by atoms with Crippen molar-refractivity contribution in [2.45, 2.75) is 19.9 Å². The maximum atomic E-state index is 12.9. The number of piperazine rings is 1. The van der Waals surface area contributed by atoms with E-state index in [0.717, 1.165) is 13.1 Å². The predicted molar refractivity (Wildman–Crippen MR) is 120 cm³/mol. The molecule has 1 aliphatic heterocycles. The number of rotatable bonds is 7. The molecule has 0 radical (unpaired) electrons. The van der Waals surface area contributed by atoms with Crippen LogP contribution in [0.1, 0.15) is 28.2 Å². The molecule has 0 aliphatic carbocycles. The number of benzene rings is 1. The van der Waals surface area contributed by atoms with Crippen LogP contribution in [-0.4, -0.2) is 64.3 Å². The maximum absolute atomic E-state index is 12.9. The molecule has 1 saturated heterocycles. The van der Waals surface area contributed by atoms with Gasteiger partial charge >= 0.3 is 0 Å². The molecule has 8 nitrogen and oxygen atoms in total. The SMILES string of the molecule is Cc1ccccc1N1CCN(C(=O)CCN(Cc2ccco2)C(=O)c2cnccn2)CC1. The standard InChI is InChI=1S/C24H27N5O3/c1-19-5-2-3-7-22(19)27-12-14-28(15-13-27)23(30)8-11-29(18-20-6-4-16-32-20)24(31)21-17-25-9-10-26-21/h2-7,9-10,16-17H,8,11-15,18H2,1H3. The second-order valence-corrected chi connectivity index (χ2v) is 7.80. The number of carbonyl (C=O) groups is 2. The quantitative estimate of drug-likeness (QED) is 0.570. The van der Waals surface area contributed by atoms with Gasteiger partial charge in [-0.2, -0.15) is 0 Å². The topological polar surface area (TPSA) is 82.8 Å². The van der Waals surface area contributed by atoms with E-state index in [4.69, 9.17) is 4.42 Å². The number of hydrogen-bond acceptors (Lipinski definition) is 6. The summed E-state index contributed by atoms with van der Waals surface area (Å²) in [6.07, 6.45) is 6.26. The number of anilines is 1. The average molecular weight is 434 g/mol. The van der Waals surface area contributed by atoms with Crippen LogP contribution in [0.15, 0.2) is 65.7 Å². The van der Waals surface area contributed by atoms with Crippen LogP contribution < -0.4 is 4.90 Å². The van der Waals surface area contributed by atoms with E-state index < -0.39 is 0 Å². The van der Waals surface area contributed by atoms with Crippen molar-refractivity contribution in [1.82, 2.24) is 19.8 Å². The molecule has 0 spiro atoms. The third-order valence-electron chi connectivity index (χ3n) is 5.68. The summed E-state index contributed by atoms with van der Waals surface area (Å²) in [7, 11) is 0. The van der Waals surface area contributed by atoms with Crippen molar-refractivity contribution in [2.24, 2.45) is 0 Å². The monoisotopic (exact) mass is 433 g/mol. The van der Waals surface area contributed by atoms with E-state index >= 15 is 0 Å². The van der Waals surface area contributed by atoms with E-state index in [1.165, 1.54) is 29.8 Å². The molecule has 2 aromatic heterocycles. The summed E-state index contributed by atoms with van der Waals surface area (Å²) in [6.45, 7) is 5.60. The summed E-state index contributed by atoms with van der Waals surface area (Å²) in [4.78, 5) is 39.7. The van der Waals surface area contributed by atoms with Gasteiger partial charge in [0.05, 0.1) is 19.0 Å². The van der Waals surface area contributed by atoms with Crippen LogP contribution in [0.2, 0.25) is 0 Å². The molecule has 0 saturated carbocycles. The first-order chi connectivity index (χ1) is 15.6.